The van der Waals surface area contributed by atoms with E-state index in [4.69, 9.17) is 4.74 Å². The second-order valence-corrected chi connectivity index (χ2v) is 6.07. The third-order valence-electron chi connectivity index (χ3n) is 4.78. The molecule has 2 aromatic rings. The van der Waals surface area contributed by atoms with Crippen LogP contribution >= 0.6 is 0 Å². The van der Waals surface area contributed by atoms with Gasteiger partial charge >= 0.3 is 0 Å². The van der Waals surface area contributed by atoms with Crippen LogP contribution in [0.25, 0.3) is 0 Å². The van der Waals surface area contributed by atoms with E-state index in [0.29, 0.717) is 11.8 Å². The Labute approximate surface area is 131 Å². The molecular formula is C20H19NO. The topological polar surface area (TPSA) is 12.5 Å². The molecule has 0 radical (unpaired) electrons. The van der Waals surface area contributed by atoms with Gasteiger partial charge in [0.25, 0.3) is 0 Å². The zero-order chi connectivity index (χ0) is 15.1. The summed E-state index contributed by atoms with van der Waals surface area (Å²) in [6, 6.07) is 18.2. The van der Waals surface area contributed by atoms with E-state index in [2.05, 4.69) is 30.2 Å². The zero-order valence-electron chi connectivity index (χ0n) is 12.5. The van der Waals surface area contributed by atoms with Gasteiger partial charge in [-0.2, -0.15) is 0 Å². The van der Waals surface area contributed by atoms with Crippen LogP contribution in [0.2, 0.25) is 0 Å². The van der Waals surface area contributed by atoms with Crippen molar-refractivity contribution in [2.24, 2.45) is 11.8 Å². The van der Waals surface area contributed by atoms with Crippen LogP contribution in [-0.4, -0.2) is 13.1 Å². The van der Waals surface area contributed by atoms with E-state index in [9.17, 15) is 0 Å². The quantitative estimate of drug-likeness (QED) is 0.762. The minimum Gasteiger partial charge on any atom is -0.457 e. The van der Waals surface area contributed by atoms with Crippen molar-refractivity contribution in [2.45, 2.75) is 0 Å². The fourth-order valence-corrected chi connectivity index (χ4v) is 3.41. The van der Waals surface area contributed by atoms with Crippen molar-refractivity contribution < 1.29 is 4.74 Å². The molecule has 0 amide bonds. The molecule has 2 saturated heterocycles. The van der Waals surface area contributed by atoms with Gasteiger partial charge in [-0.1, -0.05) is 42.5 Å². The summed E-state index contributed by atoms with van der Waals surface area (Å²) in [5, 5.41) is 0. The van der Waals surface area contributed by atoms with Crippen molar-refractivity contribution in [1.29, 1.82) is 0 Å². The van der Waals surface area contributed by atoms with Gasteiger partial charge in [0.1, 0.15) is 11.5 Å². The van der Waals surface area contributed by atoms with Crippen LogP contribution in [0.15, 0.2) is 78.9 Å². The first kappa shape index (κ1) is 13.2. The Kier molecular flexibility index (Phi) is 3.04. The monoisotopic (exact) mass is 289 g/mol. The zero-order valence-corrected chi connectivity index (χ0v) is 12.5. The van der Waals surface area contributed by atoms with E-state index in [0.717, 1.165) is 24.6 Å². The van der Waals surface area contributed by atoms with Crippen LogP contribution in [0.1, 0.15) is 0 Å². The van der Waals surface area contributed by atoms with Gasteiger partial charge in [-0.15, -0.1) is 0 Å². The van der Waals surface area contributed by atoms with Gasteiger partial charge in [-0.3, -0.25) is 0 Å². The van der Waals surface area contributed by atoms with Gasteiger partial charge < -0.3 is 9.64 Å². The van der Waals surface area contributed by atoms with Crippen LogP contribution in [0.5, 0.6) is 11.5 Å². The Bertz CT molecular complexity index is 683. The lowest BCUT2D eigenvalue weighted by Crippen LogP contribution is -2.51. The number of fused-ring (bicyclic) bond motifs is 2. The normalized spacial score (nSPS) is 23.2. The van der Waals surface area contributed by atoms with E-state index in [1.807, 2.05) is 42.5 Å². The second kappa shape index (κ2) is 5.06. The number of ether oxygens (including phenoxy) is 1. The van der Waals surface area contributed by atoms with Crippen molar-refractivity contribution in [3.63, 3.8) is 0 Å². The first-order chi connectivity index (χ1) is 10.7. The molecule has 22 heavy (non-hydrogen) atoms. The third-order valence-corrected chi connectivity index (χ3v) is 4.78. The van der Waals surface area contributed by atoms with Gasteiger partial charge in [-0.25, -0.2) is 0 Å². The highest BCUT2D eigenvalue weighted by Gasteiger charge is 2.44. The molecule has 5 rings (SSSR count). The van der Waals surface area contributed by atoms with E-state index >= 15 is 0 Å². The Morgan fingerprint density at radius 1 is 0.773 bits per heavy atom. The maximum absolute atomic E-state index is 5.84. The smallest absolute Gasteiger partial charge is 0.127 e. The van der Waals surface area contributed by atoms with E-state index < -0.39 is 0 Å². The van der Waals surface area contributed by atoms with Crippen LogP contribution in [0.4, 0.5) is 5.69 Å². The molecule has 3 fully saturated rings. The van der Waals surface area contributed by atoms with Gasteiger partial charge in [0.2, 0.25) is 0 Å². The summed E-state index contributed by atoms with van der Waals surface area (Å²) in [7, 11) is 0. The highest BCUT2D eigenvalue weighted by molar-refractivity contribution is 5.55. The summed E-state index contributed by atoms with van der Waals surface area (Å²) in [6.07, 6.45) is 0. The summed E-state index contributed by atoms with van der Waals surface area (Å²) in [4.78, 5) is 2.42. The SMILES string of the molecule is C=C1C2CN(c3ccc(Oc4ccccc4)cc3)CC1C2=C. The maximum Gasteiger partial charge on any atom is 0.127 e. The lowest BCUT2D eigenvalue weighted by Gasteiger charge is -2.52. The molecular weight excluding hydrogens is 270 g/mol. The highest BCUT2D eigenvalue weighted by Crippen LogP contribution is 2.48. The van der Waals surface area contributed by atoms with E-state index in [1.54, 1.807) is 0 Å². The molecule has 2 bridgehead atoms. The number of hydrogen-bond donors (Lipinski definition) is 0. The Hall–Kier alpha value is -2.48. The summed E-state index contributed by atoms with van der Waals surface area (Å²) in [5.74, 6) is 2.70. The Morgan fingerprint density at radius 2 is 1.32 bits per heavy atom. The number of benzene rings is 2. The number of nitrogens with zero attached hydrogens (tertiary/aromatic N) is 1. The second-order valence-electron chi connectivity index (χ2n) is 6.07. The number of rotatable bonds is 3. The fraction of sp³-hybridized carbons (Fsp3) is 0.200. The lowest BCUT2D eigenvalue weighted by molar-refractivity contribution is 0.386. The summed E-state index contributed by atoms with van der Waals surface area (Å²) in [5.41, 5.74) is 3.98. The average molecular weight is 289 g/mol. The molecule has 0 aromatic heterocycles. The van der Waals surface area contributed by atoms with Gasteiger partial charge in [0, 0.05) is 30.6 Å². The van der Waals surface area contributed by atoms with Crippen molar-refractivity contribution in [2.75, 3.05) is 18.0 Å². The van der Waals surface area contributed by atoms with Crippen LogP contribution < -0.4 is 9.64 Å². The van der Waals surface area contributed by atoms with Crippen molar-refractivity contribution in [3.05, 3.63) is 78.9 Å². The lowest BCUT2D eigenvalue weighted by atomic mass is 9.63. The van der Waals surface area contributed by atoms with Gasteiger partial charge in [-0.05, 0) is 36.4 Å². The van der Waals surface area contributed by atoms with Crippen molar-refractivity contribution in [1.82, 2.24) is 0 Å². The number of para-hydroxylation sites is 1. The van der Waals surface area contributed by atoms with Crippen LogP contribution in [0, 0.1) is 11.8 Å². The molecule has 3 aliphatic rings. The molecule has 2 heterocycles. The molecule has 2 nitrogen and oxygen atoms in total. The number of hydrogen-bond acceptors (Lipinski definition) is 2. The average Bonchev–Trinajstić information content (AvgIpc) is 2.58. The number of piperidine rings is 2. The molecule has 2 aromatic carbocycles. The van der Waals surface area contributed by atoms with Crippen molar-refractivity contribution in [3.8, 4) is 11.5 Å². The molecule has 1 saturated carbocycles. The molecule has 2 heteroatoms. The summed E-state index contributed by atoms with van der Waals surface area (Å²) < 4.78 is 5.84. The largest absolute Gasteiger partial charge is 0.457 e. The van der Waals surface area contributed by atoms with Crippen molar-refractivity contribution >= 4 is 5.69 Å². The molecule has 0 N–H and O–H groups in total. The molecule has 0 atom stereocenters. The molecule has 110 valence electrons. The minimum atomic E-state index is 0.485. The maximum atomic E-state index is 5.84. The first-order valence-corrected chi connectivity index (χ1v) is 7.67. The van der Waals surface area contributed by atoms with Gasteiger partial charge in [0.05, 0.1) is 0 Å². The number of anilines is 1. The molecule has 1 aliphatic carbocycles. The van der Waals surface area contributed by atoms with E-state index in [-0.39, 0.29) is 0 Å². The third kappa shape index (κ3) is 2.12. The summed E-state index contributed by atoms with van der Waals surface area (Å²) >= 11 is 0. The van der Waals surface area contributed by atoms with Gasteiger partial charge in [0.15, 0.2) is 0 Å². The van der Waals surface area contributed by atoms with E-state index in [1.165, 1.54) is 16.8 Å². The fourth-order valence-electron chi connectivity index (χ4n) is 3.41. The summed E-state index contributed by atoms with van der Waals surface area (Å²) in [6.45, 7) is 10.4. The predicted octanol–water partition coefficient (Wildman–Crippen LogP) is 4.66. The Morgan fingerprint density at radius 3 is 1.91 bits per heavy atom. The molecule has 0 spiro atoms. The highest BCUT2D eigenvalue weighted by atomic mass is 16.5. The Balaban J connectivity index is 1.47. The first-order valence-electron chi connectivity index (χ1n) is 7.67. The molecule has 2 aliphatic heterocycles. The standard InChI is InChI=1S/C20H19NO/c1-14-19-12-21(13-20(14)15(19)2)16-8-10-18(11-9-16)22-17-6-4-3-5-7-17/h3-11,19-20H,1-2,12-13H2. The van der Waals surface area contributed by atoms with Crippen LogP contribution in [-0.2, 0) is 0 Å². The predicted molar refractivity (Wildman–Crippen MR) is 90.4 cm³/mol. The van der Waals surface area contributed by atoms with Crippen LogP contribution in [0.3, 0.4) is 0 Å². The molecule has 0 unspecified atom stereocenters. The minimum absolute atomic E-state index is 0.485.